The fourth-order valence-corrected chi connectivity index (χ4v) is 3.14. The Morgan fingerprint density at radius 3 is 2.75 bits per heavy atom. The summed E-state index contributed by atoms with van der Waals surface area (Å²) in [5, 5.41) is 0.697. The first kappa shape index (κ1) is 16.9. The molecule has 0 radical (unpaired) electrons. The van der Waals surface area contributed by atoms with Gasteiger partial charge in [0, 0.05) is 11.6 Å². The van der Waals surface area contributed by atoms with Gasteiger partial charge in [0.25, 0.3) is 5.91 Å². The quantitative estimate of drug-likeness (QED) is 0.602. The number of nitrogens with zero attached hydrogens (tertiary/aromatic N) is 1. The lowest BCUT2D eigenvalue weighted by Crippen LogP contribution is -2.49. The van der Waals surface area contributed by atoms with Crippen molar-refractivity contribution < 1.29 is 18.7 Å². The monoisotopic (exact) mass is 367 g/mol. The number of esters is 1. The van der Waals surface area contributed by atoms with Crippen molar-refractivity contribution in [3.8, 4) is 5.75 Å². The van der Waals surface area contributed by atoms with Crippen molar-refractivity contribution in [2.75, 3.05) is 6.54 Å². The van der Waals surface area contributed by atoms with Crippen LogP contribution in [0, 0.1) is 0 Å². The van der Waals surface area contributed by atoms with Crippen LogP contribution in [0.1, 0.15) is 29.8 Å². The van der Waals surface area contributed by atoms with Crippen LogP contribution in [0.4, 0.5) is 0 Å². The molecule has 1 atom stereocenters. The summed E-state index contributed by atoms with van der Waals surface area (Å²) in [5.74, 6) is -0.399. The number of benzene rings is 1. The van der Waals surface area contributed by atoms with E-state index in [1.165, 1.54) is 23.3 Å². The minimum Gasteiger partial charge on any atom is -0.459 e. The first-order valence-electron chi connectivity index (χ1n) is 7.57. The summed E-state index contributed by atoms with van der Waals surface area (Å²) in [6, 6.07) is 7.17. The topological polar surface area (TPSA) is 59.8 Å². The van der Waals surface area contributed by atoms with E-state index in [1.807, 2.05) is 0 Å². The van der Waals surface area contributed by atoms with Gasteiger partial charge in [0.2, 0.25) is 0 Å². The van der Waals surface area contributed by atoms with E-state index < -0.39 is 12.0 Å². The van der Waals surface area contributed by atoms with E-state index in [0.717, 1.165) is 12.8 Å². The second-order valence-electron chi connectivity index (χ2n) is 5.48. The van der Waals surface area contributed by atoms with E-state index >= 15 is 0 Å². The molecule has 126 valence electrons. The molecule has 2 heterocycles. The highest BCUT2D eigenvalue weighted by atomic mass is 35.5. The van der Waals surface area contributed by atoms with Crippen molar-refractivity contribution in [2.24, 2.45) is 0 Å². The van der Waals surface area contributed by atoms with E-state index in [1.54, 1.807) is 18.2 Å². The fourth-order valence-electron chi connectivity index (χ4n) is 2.70. The van der Waals surface area contributed by atoms with E-state index in [-0.39, 0.29) is 22.4 Å². The van der Waals surface area contributed by atoms with Gasteiger partial charge in [-0.05, 0) is 49.6 Å². The Morgan fingerprint density at radius 1 is 1.21 bits per heavy atom. The fraction of sp³-hybridized carbons (Fsp3) is 0.294. The third-order valence-electron chi connectivity index (χ3n) is 3.87. The lowest BCUT2D eigenvalue weighted by molar-refractivity contribution is -0.140. The molecule has 1 amide bonds. The maximum atomic E-state index is 12.6. The number of amides is 1. The SMILES string of the molecule is O=C(Oc1ccc(Cl)cc1Cl)C1CCCCN1C(=O)c1ccco1. The summed E-state index contributed by atoms with van der Waals surface area (Å²) in [4.78, 5) is 26.6. The van der Waals surface area contributed by atoms with Crippen LogP contribution in [0.5, 0.6) is 5.75 Å². The predicted molar refractivity (Wildman–Crippen MR) is 89.5 cm³/mol. The van der Waals surface area contributed by atoms with Gasteiger partial charge < -0.3 is 14.1 Å². The molecule has 0 aliphatic carbocycles. The summed E-state index contributed by atoms with van der Waals surface area (Å²) >= 11 is 11.9. The summed E-state index contributed by atoms with van der Waals surface area (Å²) in [5.41, 5.74) is 0. The number of carbonyl (C=O) groups is 2. The highest BCUT2D eigenvalue weighted by Crippen LogP contribution is 2.29. The Morgan fingerprint density at radius 2 is 2.04 bits per heavy atom. The maximum absolute atomic E-state index is 12.6. The van der Waals surface area contributed by atoms with Crippen molar-refractivity contribution in [3.05, 3.63) is 52.4 Å². The number of hydrogen-bond acceptors (Lipinski definition) is 4. The van der Waals surface area contributed by atoms with Crippen LogP contribution in [-0.4, -0.2) is 29.4 Å². The number of piperidine rings is 1. The Kier molecular flexibility index (Phi) is 5.11. The first-order valence-corrected chi connectivity index (χ1v) is 8.33. The predicted octanol–water partition coefficient (Wildman–Crippen LogP) is 4.19. The number of likely N-dealkylation sites (tertiary alicyclic amines) is 1. The lowest BCUT2D eigenvalue weighted by atomic mass is 10.0. The molecular weight excluding hydrogens is 353 g/mol. The molecule has 3 rings (SSSR count). The number of furan rings is 1. The molecule has 2 aromatic rings. The van der Waals surface area contributed by atoms with Gasteiger partial charge in [-0.3, -0.25) is 4.79 Å². The molecule has 1 aliphatic rings. The highest BCUT2D eigenvalue weighted by Gasteiger charge is 2.35. The zero-order chi connectivity index (χ0) is 17.1. The van der Waals surface area contributed by atoms with Gasteiger partial charge in [-0.2, -0.15) is 0 Å². The van der Waals surface area contributed by atoms with E-state index in [9.17, 15) is 9.59 Å². The van der Waals surface area contributed by atoms with E-state index in [2.05, 4.69) is 0 Å². The molecule has 0 spiro atoms. The molecule has 1 fully saturated rings. The summed E-state index contributed by atoms with van der Waals surface area (Å²) in [6.45, 7) is 0.480. The van der Waals surface area contributed by atoms with Gasteiger partial charge in [-0.1, -0.05) is 23.2 Å². The van der Waals surface area contributed by atoms with Crippen LogP contribution in [-0.2, 0) is 4.79 Å². The average molecular weight is 368 g/mol. The molecule has 5 nitrogen and oxygen atoms in total. The molecular formula is C17H15Cl2NO4. The number of hydrogen-bond donors (Lipinski definition) is 0. The molecule has 1 aromatic carbocycles. The smallest absolute Gasteiger partial charge is 0.334 e. The van der Waals surface area contributed by atoms with Gasteiger partial charge in [-0.25, -0.2) is 4.79 Å². The van der Waals surface area contributed by atoms with Gasteiger partial charge in [0.15, 0.2) is 5.76 Å². The largest absolute Gasteiger partial charge is 0.459 e. The summed E-state index contributed by atoms with van der Waals surface area (Å²) in [6.07, 6.45) is 3.64. The molecule has 0 N–H and O–H groups in total. The molecule has 1 aliphatic heterocycles. The molecule has 7 heteroatoms. The zero-order valence-corrected chi connectivity index (χ0v) is 14.2. The Hall–Kier alpha value is -1.98. The van der Waals surface area contributed by atoms with Gasteiger partial charge >= 0.3 is 5.97 Å². The third kappa shape index (κ3) is 3.57. The van der Waals surface area contributed by atoms with Gasteiger partial charge in [0.05, 0.1) is 11.3 Å². The third-order valence-corrected chi connectivity index (χ3v) is 4.40. The standard InChI is InChI=1S/C17H15Cl2NO4/c18-11-6-7-14(12(19)10-11)24-17(22)13-4-1-2-8-20(13)16(21)15-5-3-9-23-15/h3,5-7,9-10,13H,1-2,4,8H2. The second-order valence-corrected chi connectivity index (χ2v) is 6.33. The summed E-state index contributed by atoms with van der Waals surface area (Å²) in [7, 11) is 0. The van der Waals surface area contributed by atoms with E-state index in [4.69, 9.17) is 32.4 Å². The average Bonchev–Trinajstić information content (AvgIpc) is 3.11. The molecule has 1 aromatic heterocycles. The zero-order valence-electron chi connectivity index (χ0n) is 12.7. The molecule has 24 heavy (non-hydrogen) atoms. The van der Waals surface area contributed by atoms with Crippen LogP contribution >= 0.6 is 23.2 Å². The number of ether oxygens (including phenoxy) is 1. The molecule has 1 saturated heterocycles. The Labute approximate surface area is 149 Å². The van der Waals surface area contributed by atoms with Crippen LogP contribution in [0.2, 0.25) is 10.0 Å². The van der Waals surface area contributed by atoms with Crippen LogP contribution in [0.15, 0.2) is 41.0 Å². The van der Waals surface area contributed by atoms with Gasteiger partial charge in [0.1, 0.15) is 11.8 Å². The summed E-state index contributed by atoms with van der Waals surface area (Å²) < 4.78 is 10.5. The lowest BCUT2D eigenvalue weighted by Gasteiger charge is -2.33. The van der Waals surface area contributed by atoms with Crippen molar-refractivity contribution in [1.29, 1.82) is 0 Å². The van der Waals surface area contributed by atoms with Crippen molar-refractivity contribution in [2.45, 2.75) is 25.3 Å². The van der Waals surface area contributed by atoms with Crippen LogP contribution in [0.25, 0.3) is 0 Å². The first-order chi connectivity index (χ1) is 11.6. The van der Waals surface area contributed by atoms with Crippen LogP contribution < -0.4 is 4.74 Å². The Balaban J connectivity index is 1.77. The highest BCUT2D eigenvalue weighted by molar-refractivity contribution is 6.35. The van der Waals surface area contributed by atoms with Crippen molar-refractivity contribution in [1.82, 2.24) is 4.90 Å². The minimum absolute atomic E-state index is 0.208. The molecule has 0 saturated carbocycles. The molecule has 0 bridgehead atoms. The van der Waals surface area contributed by atoms with Crippen molar-refractivity contribution in [3.63, 3.8) is 0 Å². The van der Waals surface area contributed by atoms with Crippen molar-refractivity contribution >= 4 is 35.1 Å². The number of halogens is 2. The normalized spacial score (nSPS) is 17.6. The molecule has 1 unspecified atom stereocenters. The van der Waals surface area contributed by atoms with Gasteiger partial charge in [-0.15, -0.1) is 0 Å². The Bertz CT molecular complexity index is 745. The van der Waals surface area contributed by atoms with Crippen LogP contribution in [0.3, 0.4) is 0 Å². The maximum Gasteiger partial charge on any atom is 0.334 e. The minimum atomic E-state index is -0.664. The number of carbonyl (C=O) groups excluding carboxylic acids is 2. The number of rotatable bonds is 3. The van der Waals surface area contributed by atoms with E-state index in [0.29, 0.717) is 18.0 Å². The second kappa shape index (κ2) is 7.28.